The van der Waals surface area contributed by atoms with E-state index in [-0.39, 0.29) is 12.1 Å². The summed E-state index contributed by atoms with van der Waals surface area (Å²) >= 11 is 0. The fraction of sp³-hybridized carbons (Fsp3) is 0.588. The van der Waals surface area contributed by atoms with E-state index in [9.17, 15) is 4.79 Å². The lowest BCUT2D eigenvalue weighted by atomic mass is 10.0. The SMILES string of the molecule is C[C@H](N)c1ccc(OCC2CN(C(=O)OC(C)(C)C)C2)cc1. The number of hydrogen-bond donors (Lipinski definition) is 1. The van der Waals surface area contributed by atoms with Crippen molar-refractivity contribution in [3.05, 3.63) is 29.8 Å². The first-order valence-electron chi connectivity index (χ1n) is 7.71. The summed E-state index contributed by atoms with van der Waals surface area (Å²) in [6.07, 6.45) is -0.245. The molecular weight excluding hydrogens is 280 g/mol. The summed E-state index contributed by atoms with van der Waals surface area (Å²) in [5, 5.41) is 0. The van der Waals surface area contributed by atoms with E-state index in [1.54, 1.807) is 4.90 Å². The number of carbonyl (C=O) groups excluding carboxylic acids is 1. The Balaban J connectivity index is 1.71. The Morgan fingerprint density at radius 1 is 1.32 bits per heavy atom. The quantitative estimate of drug-likeness (QED) is 0.929. The van der Waals surface area contributed by atoms with Crippen molar-refractivity contribution in [2.75, 3.05) is 19.7 Å². The van der Waals surface area contributed by atoms with Crippen LogP contribution in [0.5, 0.6) is 5.75 Å². The first-order chi connectivity index (χ1) is 10.2. The molecule has 0 radical (unpaired) electrons. The van der Waals surface area contributed by atoms with Crippen LogP contribution in [-0.4, -0.2) is 36.3 Å². The molecule has 1 aromatic carbocycles. The molecule has 22 heavy (non-hydrogen) atoms. The number of nitrogens with zero attached hydrogens (tertiary/aromatic N) is 1. The molecule has 1 atom stereocenters. The van der Waals surface area contributed by atoms with Gasteiger partial charge in [-0.3, -0.25) is 0 Å². The molecule has 1 aliphatic rings. The van der Waals surface area contributed by atoms with Crippen LogP contribution in [0.25, 0.3) is 0 Å². The lowest BCUT2D eigenvalue weighted by Gasteiger charge is -2.39. The van der Waals surface area contributed by atoms with Gasteiger partial charge in [0.2, 0.25) is 0 Å². The molecule has 1 heterocycles. The highest BCUT2D eigenvalue weighted by atomic mass is 16.6. The Morgan fingerprint density at radius 2 is 1.91 bits per heavy atom. The molecule has 1 saturated heterocycles. The van der Waals surface area contributed by atoms with Gasteiger partial charge in [-0.1, -0.05) is 12.1 Å². The fourth-order valence-electron chi connectivity index (χ4n) is 2.23. The molecular formula is C17H26N2O3. The molecule has 122 valence electrons. The van der Waals surface area contributed by atoms with Gasteiger partial charge in [-0.15, -0.1) is 0 Å². The largest absolute Gasteiger partial charge is 0.493 e. The average molecular weight is 306 g/mol. The average Bonchev–Trinajstić information content (AvgIpc) is 2.35. The molecule has 0 unspecified atom stereocenters. The van der Waals surface area contributed by atoms with Crippen LogP contribution in [-0.2, 0) is 4.74 Å². The van der Waals surface area contributed by atoms with Gasteiger partial charge in [0.05, 0.1) is 6.61 Å². The predicted molar refractivity (Wildman–Crippen MR) is 85.8 cm³/mol. The van der Waals surface area contributed by atoms with Gasteiger partial charge in [0.1, 0.15) is 11.4 Å². The zero-order chi connectivity index (χ0) is 16.3. The van der Waals surface area contributed by atoms with Crippen molar-refractivity contribution >= 4 is 6.09 Å². The van der Waals surface area contributed by atoms with Gasteiger partial charge in [0, 0.05) is 25.0 Å². The number of hydrogen-bond acceptors (Lipinski definition) is 4. The minimum absolute atomic E-state index is 0.0306. The van der Waals surface area contributed by atoms with Crippen LogP contribution in [0.2, 0.25) is 0 Å². The molecule has 0 aliphatic carbocycles. The lowest BCUT2D eigenvalue weighted by molar-refractivity contribution is -0.00781. The second-order valence-corrected chi connectivity index (χ2v) is 6.92. The third-order valence-corrected chi connectivity index (χ3v) is 3.50. The smallest absolute Gasteiger partial charge is 0.410 e. The van der Waals surface area contributed by atoms with Crippen molar-refractivity contribution in [1.82, 2.24) is 4.90 Å². The number of likely N-dealkylation sites (tertiary alicyclic amines) is 1. The monoisotopic (exact) mass is 306 g/mol. The molecule has 0 spiro atoms. The van der Waals surface area contributed by atoms with Gasteiger partial charge in [-0.2, -0.15) is 0 Å². The highest BCUT2D eigenvalue weighted by Crippen LogP contribution is 2.22. The van der Waals surface area contributed by atoms with Gasteiger partial charge in [0.25, 0.3) is 0 Å². The summed E-state index contributed by atoms with van der Waals surface area (Å²) in [6.45, 7) is 9.55. The molecule has 0 saturated carbocycles. The van der Waals surface area contributed by atoms with Crippen molar-refractivity contribution in [2.45, 2.75) is 39.3 Å². The number of nitrogens with two attached hydrogens (primary N) is 1. The molecule has 5 nitrogen and oxygen atoms in total. The Hall–Kier alpha value is -1.75. The van der Waals surface area contributed by atoms with Gasteiger partial charge < -0.3 is 20.1 Å². The highest BCUT2D eigenvalue weighted by Gasteiger charge is 2.33. The molecule has 1 aromatic rings. The van der Waals surface area contributed by atoms with Crippen molar-refractivity contribution < 1.29 is 14.3 Å². The van der Waals surface area contributed by atoms with E-state index in [0.29, 0.717) is 25.6 Å². The maximum Gasteiger partial charge on any atom is 0.410 e. The summed E-state index contributed by atoms with van der Waals surface area (Å²) in [7, 11) is 0. The topological polar surface area (TPSA) is 64.8 Å². The van der Waals surface area contributed by atoms with E-state index in [0.717, 1.165) is 11.3 Å². The van der Waals surface area contributed by atoms with Crippen LogP contribution in [0, 0.1) is 5.92 Å². The van der Waals surface area contributed by atoms with E-state index in [1.165, 1.54) is 0 Å². The first-order valence-corrected chi connectivity index (χ1v) is 7.71. The molecule has 1 aliphatic heterocycles. The Bertz CT molecular complexity index is 500. The molecule has 2 N–H and O–H groups in total. The van der Waals surface area contributed by atoms with Crippen molar-refractivity contribution in [3.63, 3.8) is 0 Å². The van der Waals surface area contributed by atoms with Crippen molar-refractivity contribution in [1.29, 1.82) is 0 Å². The highest BCUT2D eigenvalue weighted by molar-refractivity contribution is 5.69. The van der Waals surface area contributed by atoms with Crippen molar-refractivity contribution in [3.8, 4) is 5.75 Å². The van der Waals surface area contributed by atoms with Gasteiger partial charge in [-0.05, 0) is 45.4 Å². The minimum atomic E-state index is -0.444. The van der Waals surface area contributed by atoms with Crippen LogP contribution >= 0.6 is 0 Å². The van der Waals surface area contributed by atoms with Crippen molar-refractivity contribution in [2.24, 2.45) is 11.7 Å². The first kappa shape index (κ1) is 16.6. The van der Waals surface area contributed by atoms with Crippen LogP contribution in [0.4, 0.5) is 4.79 Å². The van der Waals surface area contributed by atoms with Crippen LogP contribution in [0.1, 0.15) is 39.3 Å². The molecule has 0 bridgehead atoms. The maximum atomic E-state index is 11.8. The number of ether oxygens (including phenoxy) is 2. The second-order valence-electron chi connectivity index (χ2n) is 6.92. The number of benzene rings is 1. The van der Waals surface area contributed by atoms with Gasteiger partial charge in [-0.25, -0.2) is 4.79 Å². The molecule has 2 rings (SSSR count). The summed E-state index contributed by atoms with van der Waals surface area (Å²) in [4.78, 5) is 13.5. The molecule has 1 amide bonds. The Labute approximate surface area is 132 Å². The normalized spacial score (nSPS) is 16.9. The van der Waals surface area contributed by atoms with E-state index in [4.69, 9.17) is 15.2 Å². The Kier molecular flexibility index (Phi) is 4.96. The summed E-state index contributed by atoms with van der Waals surface area (Å²) in [5.41, 5.74) is 6.46. The van der Waals surface area contributed by atoms with Crippen LogP contribution < -0.4 is 10.5 Å². The zero-order valence-corrected chi connectivity index (χ0v) is 13.8. The Morgan fingerprint density at radius 3 is 2.41 bits per heavy atom. The summed E-state index contributed by atoms with van der Waals surface area (Å²) in [6, 6.07) is 7.86. The third-order valence-electron chi connectivity index (χ3n) is 3.50. The zero-order valence-electron chi connectivity index (χ0n) is 13.8. The number of carbonyl (C=O) groups is 1. The van der Waals surface area contributed by atoms with E-state index < -0.39 is 5.60 Å². The number of rotatable bonds is 4. The van der Waals surface area contributed by atoms with E-state index in [2.05, 4.69) is 0 Å². The van der Waals surface area contributed by atoms with E-state index >= 15 is 0 Å². The minimum Gasteiger partial charge on any atom is -0.493 e. The van der Waals surface area contributed by atoms with Crippen LogP contribution in [0.3, 0.4) is 0 Å². The van der Waals surface area contributed by atoms with Gasteiger partial charge in [0.15, 0.2) is 0 Å². The fourth-order valence-corrected chi connectivity index (χ4v) is 2.23. The van der Waals surface area contributed by atoms with Gasteiger partial charge >= 0.3 is 6.09 Å². The molecule has 1 fully saturated rings. The van der Waals surface area contributed by atoms with E-state index in [1.807, 2.05) is 52.0 Å². The predicted octanol–water partition coefficient (Wildman–Crippen LogP) is 2.95. The second kappa shape index (κ2) is 6.57. The lowest BCUT2D eigenvalue weighted by Crippen LogP contribution is -2.53. The number of amides is 1. The molecule has 5 heteroatoms. The summed E-state index contributed by atoms with van der Waals surface area (Å²) < 4.78 is 11.1. The summed E-state index contributed by atoms with van der Waals surface area (Å²) in [5.74, 6) is 1.20. The molecule has 0 aromatic heterocycles. The van der Waals surface area contributed by atoms with Crippen LogP contribution in [0.15, 0.2) is 24.3 Å². The standard InChI is InChI=1S/C17H26N2O3/c1-12(18)14-5-7-15(8-6-14)21-11-13-9-19(10-13)16(20)22-17(2,3)4/h5-8,12-13H,9-11,18H2,1-4H3/t12-/m0/s1. The third kappa shape index (κ3) is 4.63. The maximum absolute atomic E-state index is 11.8.